The van der Waals surface area contributed by atoms with Crippen LogP contribution in [0.1, 0.15) is 32.3 Å². The number of aliphatic hydroxyl groups excluding tert-OH is 1. The number of ether oxygens (including phenoxy) is 3. The number of nitrogens with zero attached hydrogens (tertiary/aromatic N) is 1. The predicted octanol–water partition coefficient (Wildman–Crippen LogP) is 3.55. The third-order valence-electron chi connectivity index (χ3n) is 5.28. The molecule has 30 heavy (non-hydrogen) atoms. The number of aliphatic carboxylic acids is 1. The lowest BCUT2D eigenvalue weighted by atomic mass is 9.96. The second-order valence-corrected chi connectivity index (χ2v) is 8.15. The molecule has 0 bridgehead atoms. The Labute approximate surface area is 181 Å². The Morgan fingerprint density at radius 1 is 1.33 bits per heavy atom. The zero-order chi connectivity index (χ0) is 21.8. The number of rotatable bonds is 8. The average molecular weight is 438 g/mol. The standard InChI is InChI=1S/C22H28ClNO6/c1-13(2)18-12-30-20-10-21(29-7-5-4-6-28-3)16(23)8-14(20)17-9-19(25)15(22(26)27)11-24(17)18/h8-11,13,18-19,25H,4-7,12H2,1-3H3,(H,26,27). The first kappa shape index (κ1) is 22.5. The number of hydrogen-bond acceptors (Lipinski definition) is 6. The summed E-state index contributed by atoms with van der Waals surface area (Å²) in [6, 6.07) is 3.40. The molecule has 3 rings (SSSR count). The van der Waals surface area contributed by atoms with Crippen molar-refractivity contribution in [3.05, 3.63) is 40.6 Å². The summed E-state index contributed by atoms with van der Waals surface area (Å²) < 4.78 is 17.0. The van der Waals surface area contributed by atoms with Crippen LogP contribution >= 0.6 is 11.6 Å². The first-order valence-corrected chi connectivity index (χ1v) is 10.4. The van der Waals surface area contributed by atoms with Crippen LogP contribution in [-0.2, 0) is 9.53 Å². The number of carbonyl (C=O) groups is 1. The van der Waals surface area contributed by atoms with Crippen LogP contribution in [0.15, 0.2) is 30.0 Å². The van der Waals surface area contributed by atoms with Gasteiger partial charge in [0.2, 0.25) is 0 Å². The van der Waals surface area contributed by atoms with Gasteiger partial charge >= 0.3 is 5.97 Å². The van der Waals surface area contributed by atoms with Crippen LogP contribution in [0.2, 0.25) is 5.02 Å². The minimum absolute atomic E-state index is 0.0741. The summed E-state index contributed by atoms with van der Waals surface area (Å²) in [5, 5.41) is 20.2. The van der Waals surface area contributed by atoms with Gasteiger partial charge in [-0.15, -0.1) is 0 Å². The Morgan fingerprint density at radius 3 is 2.73 bits per heavy atom. The molecule has 0 radical (unpaired) electrons. The van der Waals surface area contributed by atoms with Crippen molar-refractivity contribution in [1.29, 1.82) is 0 Å². The fourth-order valence-electron chi connectivity index (χ4n) is 3.57. The first-order valence-electron chi connectivity index (χ1n) is 10.0. The fraction of sp³-hybridized carbons (Fsp3) is 0.500. The highest BCUT2D eigenvalue weighted by Crippen LogP contribution is 2.42. The number of hydrogen-bond donors (Lipinski definition) is 2. The number of carboxylic acid groups (broad SMARTS) is 1. The van der Waals surface area contributed by atoms with Crippen LogP contribution in [0.25, 0.3) is 5.70 Å². The number of halogens is 1. The monoisotopic (exact) mass is 437 g/mol. The van der Waals surface area contributed by atoms with E-state index in [0.717, 1.165) is 12.8 Å². The van der Waals surface area contributed by atoms with Gasteiger partial charge in [0.15, 0.2) is 0 Å². The number of aliphatic hydroxyl groups is 1. The van der Waals surface area contributed by atoms with Crippen molar-refractivity contribution in [2.24, 2.45) is 5.92 Å². The molecule has 1 aromatic rings. The van der Waals surface area contributed by atoms with Crippen molar-refractivity contribution in [1.82, 2.24) is 4.90 Å². The minimum atomic E-state index is -1.22. The van der Waals surface area contributed by atoms with E-state index in [0.29, 0.717) is 47.6 Å². The van der Waals surface area contributed by atoms with Crippen LogP contribution < -0.4 is 9.47 Å². The molecule has 0 aliphatic carbocycles. The molecule has 2 unspecified atom stereocenters. The number of unbranched alkanes of at least 4 members (excludes halogenated alkanes) is 1. The summed E-state index contributed by atoms with van der Waals surface area (Å²) in [5.41, 5.74) is 1.29. The highest BCUT2D eigenvalue weighted by molar-refractivity contribution is 6.32. The van der Waals surface area contributed by atoms with E-state index in [4.69, 9.17) is 25.8 Å². The van der Waals surface area contributed by atoms with Crippen LogP contribution in [0.5, 0.6) is 11.5 Å². The van der Waals surface area contributed by atoms with E-state index in [2.05, 4.69) is 0 Å². The average Bonchev–Trinajstić information content (AvgIpc) is 2.83. The molecular weight excluding hydrogens is 410 g/mol. The van der Waals surface area contributed by atoms with Crippen molar-refractivity contribution < 1.29 is 29.2 Å². The van der Waals surface area contributed by atoms with Gasteiger partial charge in [-0.25, -0.2) is 4.79 Å². The first-order chi connectivity index (χ1) is 14.3. The normalized spacial score (nSPS) is 20.5. The lowest BCUT2D eigenvalue weighted by Crippen LogP contribution is -2.40. The SMILES string of the molecule is COCCCCOc1cc2c(cc1Cl)C1=CC(O)C(C(=O)O)=CN1C(C(C)C)CO2. The molecule has 2 aliphatic rings. The molecule has 2 atom stereocenters. The van der Waals surface area contributed by atoms with Gasteiger partial charge in [0.1, 0.15) is 24.2 Å². The van der Waals surface area contributed by atoms with E-state index in [1.807, 2.05) is 18.7 Å². The van der Waals surface area contributed by atoms with Gasteiger partial charge in [0, 0.05) is 31.5 Å². The van der Waals surface area contributed by atoms with Crippen LogP contribution in [0.3, 0.4) is 0 Å². The van der Waals surface area contributed by atoms with Crippen LogP contribution in [0.4, 0.5) is 0 Å². The second-order valence-electron chi connectivity index (χ2n) is 7.74. The van der Waals surface area contributed by atoms with E-state index in [-0.39, 0.29) is 17.5 Å². The number of methoxy groups -OCH3 is 1. The third kappa shape index (κ3) is 4.74. The fourth-order valence-corrected chi connectivity index (χ4v) is 3.79. The Kier molecular flexibility index (Phi) is 7.28. The highest BCUT2D eigenvalue weighted by Gasteiger charge is 2.35. The molecule has 164 valence electrons. The molecule has 1 aromatic carbocycles. The van der Waals surface area contributed by atoms with Crippen molar-refractivity contribution in [2.45, 2.75) is 38.8 Å². The molecule has 2 heterocycles. The summed E-state index contributed by atoms with van der Waals surface area (Å²) in [7, 11) is 1.67. The van der Waals surface area contributed by atoms with Gasteiger partial charge in [-0.1, -0.05) is 25.4 Å². The molecule has 7 nitrogen and oxygen atoms in total. The maximum Gasteiger partial charge on any atom is 0.336 e. The van der Waals surface area contributed by atoms with E-state index in [1.54, 1.807) is 19.2 Å². The Balaban J connectivity index is 1.93. The lowest BCUT2D eigenvalue weighted by molar-refractivity contribution is -0.133. The highest BCUT2D eigenvalue weighted by atomic mass is 35.5. The topological polar surface area (TPSA) is 88.5 Å². The number of benzene rings is 1. The van der Waals surface area contributed by atoms with Gasteiger partial charge in [0.05, 0.1) is 28.9 Å². The molecular formula is C22H28ClNO6. The number of carboxylic acids is 1. The summed E-state index contributed by atoms with van der Waals surface area (Å²) in [6.07, 6.45) is 3.55. The molecule has 2 aliphatic heterocycles. The molecule has 0 spiro atoms. The van der Waals surface area contributed by atoms with E-state index in [9.17, 15) is 15.0 Å². The second kappa shape index (κ2) is 9.73. The van der Waals surface area contributed by atoms with Gasteiger partial charge in [-0.3, -0.25) is 0 Å². The quantitative estimate of drug-likeness (QED) is 0.601. The predicted molar refractivity (Wildman–Crippen MR) is 114 cm³/mol. The summed E-state index contributed by atoms with van der Waals surface area (Å²) in [5.74, 6) is 0.142. The summed E-state index contributed by atoms with van der Waals surface area (Å²) >= 11 is 6.48. The maximum absolute atomic E-state index is 11.6. The van der Waals surface area contributed by atoms with E-state index >= 15 is 0 Å². The molecule has 0 aromatic heterocycles. The summed E-state index contributed by atoms with van der Waals surface area (Å²) in [6.45, 7) is 5.63. The Bertz CT molecular complexity index is 850. The van der Waals surface area contributed by atoms with Crippen LogP contribution in [0, 0.1) is 5.92 Å². The van der Waals surface area contributed by atoms with Crippen molar-refractivity contribution in [2.75, 3.05) is 26.9 Å². The lowest BCUT2D eigenvalue weighted by Gasteiger charge is -2.36. The van der Waals surface area contributed by atoms with Crippen molar-refractivity contribution in [3.8, 4) is 11.5 Å². The van der Waals surface area contributed by atoms with Gasteiger partial charge in [-0.2, -0.15) is 0 Å². The van der Waals surface area contributed by atoms with Crippen molar-refractivity contribution in [3.63, 3.8) is 0 Å². The van der Waals surface area contributed by atoms with E-state index < -0.39 is 12.1 Å². The molecule has 0 fully saturated rings. The molecule has 0 saturated carbocycles. The zero-order valence-corrected chi connectivity index (χ0v) is 18.2. The minimum Gasteiger partial charge on any atom is -0.492 e. The molecule has 0 saturated heterocycles. The maximum atomic E-state index is 11.6. The smallest absolute Gasteiger partial charge is 0.336 e. The van der Waals surface area contributed by atoms with Gasteiger partial charge in [-0.05, 0) is 30.9 Å². The Morgan fingerprint density at radius 2 is 2.07 bits per heavy atom. The largest absolute Gasteiger partial charge is 0.492 e. The van der Waals surface area contributed by atoms with E-state index in [1.165, 1.54) is 12.3 Å². The van der Waals surface area contributed by atoms with Gasteiger partial charge < -0.3 is 29.3 Å². The van der Waals surface area contributed by atoms with Crippen molar-refractivity contribution >= 4 is 23.3 Å². The summed E-state index contributed by atoms with van der Waals surface area (Å²) in [4.78, 5) is 13.4. The van der Waals surface area contributed by atoms with Crippen LogP contribution in [-0.4, -0.2) is 60.2 Å². The van der Waals surface area contributed by atoms with Gasteiger partial charge in [0.25, 0.3) is 0 Å². The molecule has 0 amide bonds. The molecule has 8 heteroatoms. The zero-order valence-electron chi connectivity index (χ0n) is 17.4. The number of fused-ring (bicyclic) bond motifs is 3. The molecule has 2 N–H and O–H groups in total. The third-order valence-corrected chi connectivity index (χ3v) is 5.58. The Hall–Kier alpha value is -2.22.